The summed E-state index contributed by atoms with van der Waals surface area (Å²) in [4.78, 5) is 17.0. The molecule has 1 amide bonds. The van der Waals surface area contributed by atoms with Crippen LogP contribution in [0.25, 0.3) is 21.1 Å². The van der Waals surface area contributed by atoms with Gasteiger partial charge in [0.25, 0.3) is 0 Å². The number of carbonyl (C=O) groups is 1. The van der Waals surface area contributed by atoms with Crippen molar-refractivity contribution < 1.29 is 13.2 Å². The molecule has 0 unspecified atom stereocenters. The molecule has 0 bridgehead atoms. The Morgan fingerprint density at radius 3 is 2.81 bits per heavy atom. The van der Waals surface area contributed by atoms with Gasteiger partial charge in [0.15, 0.2) is 15.0 Å². The maximum atomic E-state index is 12.4. The Morgan fingerprint density at radius 1 is 1.22 bits per heavy atom. The first-order valence-electron chi connectivity index (χ1n) is 7.94. The highest BCUT2D eigenvalue weighted by atomic mass is 35.5. The molecule has 4 rings (SSSR count). The molecule has 1 N–H and O–H groups in total. The van der Waals surface area contributed by atoms with Gasteiger partial charge in [0.05, 0.1) is 15.1 Å². The molecular formula is C18H14ClN3O3S2. The first-order valence-corrected chi connectivity index (χ1v) is 11.0. The highest BCUT2D eigenvalue weighted by Crippen LogP contribution is 2.28. The average molecular weight is 420 g/mol. The van der Waals surface area contributed by atoms with Crippen LogP contribution in [0.5, 0.6) is 0 Å². The largest absolute Gasteiger partial charge is 0.338 e. The standard InChI is InChI=1S/C18H14ClN3O3S2/c1-27(24,25)13-3-4-14-16(9-13)26-18(20-14)21-17(23)10-22-7-6-11-8-12(19)2-5-15(11)22/h2-9H,10H2,1H3,(H,20,21,23). The summed E-state index contributed by atoms with van der Waals surface area (Å²) in [5.74, 6) is -0.218. The lowest BCUT2D eigenvalue weighted by molar-refractivity contribution is -0.116. The predicted molar refractivity (Wildman–Crippen MR) is 108 cm³/mol. The van der Waals surface area contributed by atoms with E-state index in [4.69, 9.17) is 11.6 Å². The van der Waals surface area contributed by atoms with Gasteiger partial charge in [-0.25, -0.2) is 13.4 Å². The SMILES string of the molecule is CS(=O)(=O)c1ccc2nc(NC(=O)Cn3ccc4cc(Cl)ccc43)sc2c1. The summed E-state index contributed by atoms with van der Waals surface area (Å²) in [5.41, 5.74) is 1.56. The molecule has 6 nitrogen and oxygen atoms in total. The molecule has 0 aliphatic rings. The second-order valence-electron chi connectivity index (χ2n) is 6.12. The van der Waals surface area contributed by atoms with Crippen molar-refractivity contribution in [3.63, 3.8) is 0 Å². The van der Waals surface area contributed by atoms with Gasteiger partial charge in [0.1, 0.15) is 6.54 Å². The number of sulfone groups is 1. The second kappa shape index (κ2) is 6.63. The van der Waals surface area contributed by atoms with Crippen molar-refractivity contribution in [1.82, 2.24) is 9.55 Å². The van der Waals surface area contributed by atoms with Crippen LogP contribution >= 0.6 is 22.9 Å². The lowest BCUT2D eigenvalue weighted by Crippen LogP contribution is -2.18. The van der Waals surface area contributed by atoms with Gasteiger partial charge in [0.2, 0.25) is 5.91 Å². The van der Waals surface area contributed by atoms with Crippen LogP contribution in [0.4, 0.5) is 5.13 Å². The van der Waals surface area contributed by atoms with Gasteiger partial charge in [-0.1, -0.05) is 22.9 Å². The van der Waals surface area contributed by atoms with Crippen LogP contribution in [0.3, 0.4) is 0 Å². The van der Waals surface area contributed by atoms with E-state index in [1.165, 1.54) is 17.4 Å². The van der Waals surface area contributed by atoms with Gasteiger partial charge in [-0.15, -0.1) is 0 Å². The average Bonchev–Trinajstić information content (AvgIpc) is 3.16. The van der Waals surface area contributed by atoms with E-state index in [9.17, 15) is 13.2 Å². The second-order valence-corrected chi connectivity index (χ2v) is 9.60. The number of nitrogens with zero attached hydrogens (tertiary/aromatic N) is 2. The Kier molecular flexibility index (Phi) is 4.41. The fourth-order valence-electron chi connectivity index (χ4n) is 2.81. The summed E-state index contributed by atoms with van der Waals surface area (Å²) in [6.45, 7) is 0.135. The summed E-state index contributed by atoms with van der Waals surface area (Å²) in [6.07, 6.45) is 2.99. The third kappa shape index (κ3) is 3.69. The predicted octanol–water partition coefficient (Wildman–Crippen LogP) is 3.95. The molecule has 0 radical (unpaired) electrons. The van der Waals surface area contributed by atoms with Crippen molar-refractivity contribution in [3.05, 3.63) is 53.7 Å². The number of hydrogen-bond donors (Lipinski definition) is 1. The van der Waals surface area contributed by atoms with Gasteiger partial charge in [0, 0.05) is 28.4 Å². The minimum absolute atomic E-state index is 0.135. The molecule has 2 aromatic carbocycles. The zero-order chi connectivity index (χ0) is 19.2. The van der Waals surface area contributed by atoms with E-state index in [0.29, 0.717) is 20.4 Å². The maximum Gasteiger partial charge on any atom is 0.246 e. The van der Waals surface area contributed by atoms with Crippen molar-refractivity contribution in [1.29, 1.82) is 0 Å². The molecule has 2 aromatic heterocycles. The van der Waals surface area contributed by atoms with E-state index in [1.807, 2.05) is 29.0 Å². The van der Waals surface area contributed by atoms with E-state index in [-0.39, 0.29) is 17.3 Å². The summed E-state index contributed by atoms with van der Waals surface area (Å²) in [7, 11) is -3.29. The molecule has 0 saturated carbocycles. The van der Waals surface area contributed by atoms with E-state index in [2.05, 4.69) is 10.3 Å². The van der Waals surface area contributed by atoms with Gasteiger partial charge in [-0.3, -0.25) is 4.79 Å². The van der Waals surface area contributed by atoms with E-state index in [0.717, 1.165) is 17.2 Å². The number of carbonyl (C=O) groups excluding carboxylic acids is 1. The van der Waals surface area contributed by atoms with Crippen molar-refractivity contribution in [2.45, 2.75) is 11.4 Å². The molecular weight excluding hydrogens is 406 g/mol. The fourth-order valence-corrected chi connectivity index (χ4v) is 4.64. The van der Waals surface area contributed by atoms with Crippen LogP contribution in [-0.4, -0.2) is 30.1 Å². The summed E-state index contributed by atoms with van der Waals surface area (Å²) in [6, 6.07) is 12.1. The molecule has 9 heteroatoms. The van der Waals surface area contributed by atoms with Crippen LogP contribution in [0.2, 0.25) is 5.02 Å². The topological polar surface area (TPSA) is 81.1 Å². The Balaban J connectivity index is 1.55. The van der Waals surface area contributed by atoms with Crippen molar-refractivity contribution >= 4 is 64.9 Å². The van der Waals surface area contributed by atoms with Gasteiger partial charge < -0.3 is 9.88 Å². The third-order valence-electron chi connectivity index (χ3n) is 4.08. The number of hydrogen-bond acceptors (Lipinski definition) is 5. The third-order valence-corrected chi connectivity index (χ3v) is 6.36. The first-order chi connectivity index (χ1) is 12.8. The Hall–Kier alpha value is -2.42. The van der Waals surface area contributed by atoms with Gasteiger partial charge >= 0.3 is 0 Å². The monoisotopic (exact) mass is 419 g/mol. The molecule has 4 aromatic rings. The molecule has 0 saturated heterocycles. The van der Waals surface area contributed by atoms with Crippen LogP contribution in [0, 0.1) is 0 Å². The van der Waals surface area contributed by atoms with E-state index < -0.39 is 9.84 Å². The number of thiazole rings is 1. The summed E-state index contributed by atoms with van der Waals surface area (Å²) >= 11 is 7.23. The minimum Gasteiger partial charge on any atom is -0.338 e. The van der Waals surface area contributed by atoms with Gasteiger partial charge in [-0.05, 0) is 42.5 Å². The number of amides is 1. The maximum absolute atomic E-state index is 12.4. The smallest absolute Gasteiger partial charge is 0.246 e. The number of halogens is 1. The highest BCUT2D eigenvalue weighted by molar-refractivity contribution is 7.90. The normalized spacial score (nSPS) is 11.9. The summed E-state index contributed by atoms with van der Waals surface area (Å²) < 4.78 is 25.9. The number of rotatable bonds is 4. The highest BCUT2D eigenvalue weighted by Gasteiger charge is 2.13. The molecule has 2 heterocycles. The molecule has 0 spiro atoms. The number of anilines is 1. The molecule has 0 fully saturated rings. The van der Waals surface area contributed by atoms with Crippen LogP contribution in [-0.2, 0) is 21.2 Å². The number of fused-ring (bicyclic) bond motifs is 2. The fraction of sp³-hybridized carbons (Fsp3) is 0.111. The molecule has 0 aliphatic carbocycles. The number of aromatic nitrogens is 2. The molecule has 0 aliphatic heterocycles. The quantitative estimate of drug-likeness (QED) is 0.543. The molecule has 138 valence electrons. The lowest BCUT2D eigenvalue weighted by atomic mass is 10.2. The van der Waals surface area contributed by atoms with Crippen molar-refractivity contribution in [3.8, 4) is 0 Å². The van der Waals surface area contributed by atoms with Crippen molar-refractivity contribution in [2.75, 3.05) is 11.6 Å². The Bertz CT molecular complexity index is 1290. The number of benzene rings is 2. The lowest BCUT2D eigenvalue weighted by Gasteiger charge is -2.05. The van der Waals surface area contributed by atoms with Crippen molar-refractivity contribution in [2.24, 2.45) is 0 Å². The van der Waals surface area contributed by atoms with Gasteiger partial charge in [-0.2, -0.15) is 0 Å². The zero-order valence-electron chi connectivity index (χ0n) is 14.1. The Labute approximate surface area is 164 Å². The summed E-state index contributed by atoms with van der Waals surface area (Å²) in [5, 5.41) is 4.81. The van der Waals surface area contributed by atoms with Crippen LogP contribution in [0.15, 0.2) is 53.6 Å². The van der Waals surface area contributed by atoms with E-state index >= 15 is 0 Å². The van der Waals surface area contributed by atoms with E-state index in [1.54, 1.807) is 18.2 Å². The zero-order valence-corrected chi connectivity index (χ0v) is 16.5. The van der Waals surface area contributed by atoms with Crippen LogP contribution < -0.4 is 5.32 Å². The Morgan fingerprint density at radius 2 is 2.04 bits per heavy atom. The minimum atomic E-state index is -3.29. The molecule has 0 atom stereocenters. The number of nitrogens with one attached hydrogen (secondary N) is 1. The first kappa shape index (κ1) is 18.0. The molecule has 27 heavy (non-hydrogen) atoms. The van der Waals surface area contributed by atoms with Crippen LogP contribution in [0.1, 0.15) is 0 Å².